The number of methoxy groups -OCH3 is 2. The molecule has 0 N–H and O–H groups in total. The summed E-state index contributed by atoms with van der Waals surface area (Å²) in [7, 11) is 3.17. The molecule has 0 amide bonds. The summed E-state index contributed by atoms with van der Waals surface area (Å²) < 4.78 is 12.1. The molecule has 19 heavy (non-hydrogen) atoms. The molecule has 1 aromatic carbocycles. The van der Waals surface area contributed by atoms with Crippen molar-refractivity contribution in [2.75, 3.05) is 14.2 Å². The summed E-state index contributed by atoms with van der Waals surface area (Å²) in [6.45, 7) is 1.95. The largest absolute Gasteiger partial charge is 0.497 e. The molecule has 6 heteroatoms. The molecule has 0 spiro atoms. The third-order valence-corrected chi connectivity index (χ3v) is 2.82. The first-order valence-corrected chi connectivity index (χ1v) is 5.82. The van der Waals surface area contributed by atoms with Crippen LogP contribution in [0.5, 0.6) is 11.5 Å². The van der Waals surface area contributed by atoms with E-state index in [1.165, 1.54) is 0 Å². The van der Waals surface area contributed by atoms with Crippen LogP contribution < -0.4 is 9.47 Å². The van der Waals surface area contributed by atoms with Crippen LogP contribution in [-0.2, 0) is 6.42 Å². The lowest BCUT2D eigenvalue weighted by Gasteiger charge is -2.11. The maximum atomic E-state index is 9.02. The third-order valence-electron chi connectivity index (χ3n) is 2.82. The smallest absolute Gasteiger partial charge is 0.186 e. The first kappa shape index (κ1) is 12.9. The lowest BCUT2D eigenvalue weighted by Crippen LogP contribution is -2.05. The van der Waals surface area contributed by atoms with Gasteiger partial charge in [-0.25, -0.2) is 4.68 Å². The fourth-order valence-corrected chi connectivity index (χ4v) is 1.86. The van der Waals surface area contributed by atoms with E-state index in [1.54, 1.807) is 37.1 Å². The molecule has 0 fully saturated rings. The van der Waals surface area contributed by atoms with Crippen LogP contribution >= 0.6 is 0 Å². The Labute approximate surface area is 111 Å². The number of nitriles is 1. The van der Waals surface area contributed by atoms with Crippen LogP contribution in [0.1, 0.15) is 18.3 Å². The Morgan fingerprint density at radius 3 is 2.68 bits per heavy atom. The molecular formula is C13H14N4O2. The summed E-state index contributed by atoms with van der Waals surface area (Å²) in [6.07, 6.45) is 0.649. The summed E-state index contributed by atoms with van der Waals surface area (Å²) in [6, 6.07) is 7.43. The molecule has 0 atom stereocenters. The van der Waals surface area contributed by atoms with E-state index in [4.69, 9.17) is 14.7 Å². The van der Waals surface area contributed by atoms with Gasteiger partial charge in [0, 0.05) is 6.07 Å². The average molecular weight is 258 g/mol. The van der Waals surface area contributed by atoms with Gasteiger partial charge in [0.05, 0.1) is 19.9 Å². The van der Waals surface area contributed by atoms with Crippen molar-refractivity contribution in [1.82, 2.24) is 15.0 Å². The molecule has 2 rings (SSSR count). The van der Waals surface area contributed by atoms with E-state index in [1.807, 2.05) is 13.0 Å². The van der Waals surface area contributed by atoms with Crippen LogP contribution in [0.15, 0.2) is 18.2 Å². The number of hydrogen-bond acceptors (Lipinski definition) is 5. The van der Waals surface area contributed by atoms with Gasteiger partial charge in [-0.15, -0.1) is 5.10 Å². The van der Waals surface area contributed by atoms with Gasteiger partial charge in [-0.05, 0) is 18.6 Å². The highest BCUT2D eigenvalue weighted by atomic mass is 16.5. The average Bonchev–Trinajstić information content (AvgIpc) is 2.89. The second-order valence-electron chi connectivity index (χ2n) is 3.80. The minimum Gasteiger partial charge on any atom is -0.497 e. The van der Waals surface area contributed by atoms with Gasteiger partial charge in [-0.1, -0.05) is 12.1 Å². The standard InChI is InChI=1S/C13H14N4O2/c1-4-11-10(8-14)15-16-17(11)12-7-9(18-2)5-6-13(12)19-3/h5-7H,4H2,1-3H3. The topological polar surface area (TPSA) is 73.0 Å². The predicted octanol–water partition coefficient (Wildman–Crippen LogP) is 1.72. The maximum Gasteiger partial charge on any atom is 0.186 e. The van der Waals surface area contributed by atoms with Crippen LogP contribution in [0.2, 0.25) is 0 Å². The summed E-state index contributed by atoms with van der Waals surface area (Å²) >= 11 is 0. The van der Waals surface area contributed by atoms with E-state index >= 15 is 0 Å². The minimum absolute atomic E-state index is 0.326. The fourth-order valence-electron chi connectivity index (χ4n) is 1.86. The SMILES string of the molecule is CCc1c(C#N)nnn1-c1cc(OC)ccc1OC. The van der Waals surface area contributed by atoms with Crippen molar-refractivity contribution < 1.29 is 9.47 Å². The normalized spacial score (nSPS) is 10.0. The van der Waals surface area contributed by atoms with Gasteiger partial charge in [0.15, 0.2) is 5.69 Å². The van der Waals surface area contributed by atoms with Gasteiger partial charge < -0.3 is 9.47 Å². The quantitative estimate of drug-likeness (QED) is 0.834. The Balaban J connectivity index is 2.64. The Morgan fingerprint density at radius 2 is 2.11 bits per heavy atom. The summed E-state index contributed by atoms with van der Waals surface area (Å²) in [5, 5.41) is 16.9. The minimum atomic E-state index is 0.326. The van der Waals surface area contributed by atoms with E-state index in [0.29, 0.717) is 29.3 Å². The second-order valence-corrected chi connectivity index (χ2v) is 3.80. The van der Waals surface area contributed by atoms with E-state index in [0.717, 1.165) is 5.69 Å². The van der Waals surface area contributed by atoms with Crippen LogP contribution in [-0.4, -0.2) is 29.2 Å². The molecule has 0 aliphatic heterocycles. The second kappa shape index (κ2) is 5.40. The highest BCUT2D eigenvalue weighted by Crippen LogP contribution is 2.28. The third kappa shape index (κ3) is 2.22. The molecule has 0 saturated carbocycles. The van der Waals surface area contributed by atoms with Gasteiger partial charge in [-0.2, -0.15) is 5.26 Å². The van der Waals surface area contributed by atoms with Gasteiger partial charge in [0.2, 0.25) is 0 Å². The van der Waals surface area contributed by atoms with E-state index < -0.39 is 0 Å². The van der Waals surface area contributed by atoms with Crippen molar-refractivity contribution in [3.63, 3.8) is 0 Å². The van der Waals surface area contributed by atoms with Crippen LogP contribution in [0.3, 0.4) is 0 Å². The monoisotopic (exact) mass is 258 g/mol. The van der Waals surface area contributed by atoms with Crippen molar-refractivity contribution in [3.8, 4) is 23.3 Å². The predicted molar refractivity (Wildman–Crippen MR) is 68.6 cm³/mol. The molecule has 1 aromatic heterocycles. The Morgan fingerprint density at radius 1 is 1.32 bits per heavy atom. The molecule has 0 unspecified atom stereocenters. The van der Waals surface area contributed by atoms with Crippen molar-refractivity contribution in [2.24, 2.45) is 0 Å². The summed E-state index contributed by atoms with van der Waals surface area (Å²) in [5.41, 5.74) is 1.77. The number of benzene rings is 1. The zero-order chi connectivity index (χ0) is 13.8. The van der Waals surface area contributed by atoms with Gasteiger partial charge in [-0.3, -0.25) is 0 Å². The molecule has 6 nitrogen and oxygen atoms in total. The van der Waals surface area contributed by atoms with E-state index in [2.05, 4.69) is 10.3 Å². The number of hydrogen-bond donors (Lipinski definition) is 0. The molecule has 0 aliphatic rings. The molecule has 0 aliphatic carbocycles. The molecule has 0 bridgehead atoms. The van der Waals surface area contributed by atoms with Gasteiger partial charge in [0.25, 0.3) is 0 Å². The van der Waals surface area contributed by atoms with Crippen molar-refractivity contribution in [1.29, 1.82) is 5.26 Å². The van der Waals surface area contributed by atoms with Crippen LogP contribution in [0.25, 0.3) is 5.69 Å². The lowest BCUT2D eigenvalue weighted by molar-refractivity contribution is 0.400. The zero-order valence-corrected chi connectivity index (χ0v) is 11.0. The highest BCUT2D eigenvalue weighted by Gasteiger charge is 2.16. The van der Waals surface area contributed by atoms with Crippen molar-refractivity contribution in [2.45, 2.75) is 13.3 Å². The zero-order valence-electron chi connectivity index (χ0n) is 11.0. The van der Waals surface area contributed by atoms with Gasteiger partial charge in [0.1, 0.15) is 23.3 Å². The summed E-state index contributed by atoms with van der Waals surface area (Å²) in [4.78, 5) is 0. The molecule has 98 valence electrons. The number of nitrogens with zero attached hydrogens (tertiary/aromatic N) is 4. The number of rotatable bonds is 4. The van der Waals surface area contributed by atoms with Crippen molar-refractivity contribution >= 4 is 0 Å². The molecular weight excluding hydrogens is 244 g/mol. The fraction of sp³-hybridized carbons (Fsp3) is 0.308. The van der Waals surface area contributed by atoms with Crippen molar-refractivity contribution in [3.05, 3.63) is 29.6 Å². The molecule has 1 heterocycles. The van der Waals surface area contributed by atoms with Gasteiger partial charge >= 0.3 is 0 Å². The molecule has 0 saturated heterocycles. The highest BCUT2D eigenvalue weighted by molar-refractivity contribution is 5.52. The lowest BCUT2D eigenvalue weighted by atomic mass is 10.2. The van der Waals surface area contributed by atoms with Crippen LogP contribution in [0.4, 0.5) is 0 Å². The number of ether oxygens (including phenoxy) is 2. The maximum absolute atomic E-state index is 9.02. The Bertz CT molecular complexity index is 628. The summed E-state index contributed by atoms with van der Waals surface area (Å²) in [5.74, 6) is 1.33. The van der Waals surface area contributed by atoms with E-state index in [-0.39, 0.29) is 0 Å². The Kier molecular flexibility index (Phi) is 3.66. The molecule has 2 aromatic rings. The molecule has 0 radical (unpaired) electrons. The van der Waals surface area contributed by atoms with Crippen LogP contribution in [0, 0.1) is 11.3 Å². The van der Waals surface area contributed by atoms with E-state index in [9.17, 15) is 0 Å². The first-order valence-electron chi connectivity index (χ1n) is 5.82. The first-order chi connectivity index (χ1) is 9.24. The number of aromatic nitrogens is 3. The Hall–Kier alpha value is -2.55.